The van der Waals surface area contributed by atoms with E-state index in [0.29, 0.717) is 30.8 Å². The number of carbonyl (C=O) groups is 1. The highest BCUT2D eigenvalue weighted by Crippen LogP contribution is 2.33. The molecular weight excluding hydrogens is 402 g/mol. The topological polar surface area (TPSA) is 79.0 Å². The highest BCUT2D eigenvalue weighted by Gasteiger charge is 2.31. The SMILES string of the molecule is Cc1ccc(S(=O)(=O)N2CCc3cc(C(=O)NCCN4CCOCC4)ccc32)cc1. The monoisotopic (exact) mass is 429 g/mol. The molecule has 160 valence electrons. The van der Waals surface area contributed by atoms with Gasteiger partial charge >= 0.3 is 0 Å². The number of fused-ring (bicyclic) bond motifs is 1. The van der Waals surface area contributed by atoms with E-state index in [1.165, 1.54) is 4.31 Å². The summed E-state index contributed by atoms with van der Waals surface area (Å²) in [5, 5.41) is 2.96. The van der Waals surface area contributed by atoms with Crippen molar-refractivity contribution >= 4 is 21.6 Å². The number of carbonyl (C=O) groups excluding carboxylic acids is 1. The van der Waals surface area contributed by atoms with E-state index < -0.39 is 10.0 Å². The minimum atomic E-state index is -3.61. The number of hydrogen-bond donors (Lipinski definition) is 1. The average Bonchev–Trinajstić information content (AvgIpc) is 3.19. The van der Waals surface area contributed by atoms with Gasteiger partial charge in [0.15, 0.2) is 0 Å². The molecule has 2 heterocycles. The molecule has 0 saturated carbocycles. The lowest BCUT2D eigenvalue weighted by Gasteiger charge is -2.26. The number of nitrogens with zero attached hydrogens (tertiary/aromatic N) is 2. The van der Waals surface area contributed by atoms with Crippen molar-refractivity contribution in [1.82, 2.24) is 10.2 Å². The molecule has 30 heavy (non-hydrogen) atoms. The molecule has 1 amide bonds. The van der Waals surface area contributed by atoms with Gasteiger partial charge in [0.05, 0.1) is 23.8 Å². The van der Waals surface area contributed by atoms with Crippen molar-refractivity contribution in [1.29, 1.82) is 0 Å². The molecule has 1 fully saturated rings. The zero-order chi connectivity index (χ0) is 21.1. The van der Waals surface area contributed by atoms with Crippen LogP contribution in [0.4, 0.5) is 5.69 Å². The Kier molecular flexibility index (Phi) is 6.08. The molecule has 1 N–H and O–H groups in total. The molecular formula is C22H27N3O4S. The van der Waals surface area contributed by atoms with Gasteiger partial charge in [0, 0.05) is 38.3 Å². The molecule has 0 aromatic heterocycles. The second kappa shape index (κ2) is 8.75. The summed E-state index contributed by atoms with van der Waals surface area (Å²) in [7, 11) is -3.61. The Morgan fingerprint density at radius 1 is 1.07 bits per heavy atom. The molecule has 2 aromatic rings. The Hall–Kier alpha value is -2.42. The summed E-state index contributed by atoms with van der Waals surface area (Å²) >= 11 is 0. The number of sulfonamides is 1. The molecule has 0 spiro atoms. The first kappa shape index (κ1) is 20.8. The lowest BCUT2D eigenvalue weighted by molar-refractivity contribution is 0.0383. The molecule has 0 aliphatic carbocycles. The Bertz CT molecular complexity index is 1020. The van der Waals surface area contributed by atoms with E-state index >= 15 is 0 Å². The predicted molar refractivity (Wildman–Crippen MR) is 115 cm³/mol. The number of morpholine rings is 1. The van der Waals surface area contributed by atoms with Gasteiger partial charge in [-0.3, -0.25) is 14.0 Å². The second-order valence-corrected chi connectivity index (χ2v) is 9.56. The van der Waals surface area contributed by atoms with E-state index in [4.69, 9.17) is 4.74 Å². The van der Waals surface area contributed by atoms with Crippen molar-refractivity contribution in [3.05, 3.63) is 59.2 Å². The third-order valence-corrected chi connectivity index (χ3v) is 7.45. The van der Waals surface area contributed by atoms with Crippen molar-refractivity contribution in [2.75, 3.05) is 50.2 Å². The van der Waals surface area contributed by atoms with Gasteiger partial charge < -0.3 is 10.1 Å². The number of anilines is 1. The summed E-state index contributed by atoms with van der Waals surface area (Å²) < 4.78 is 32.9. The van der Waals surface area contributed by atoms with E-state index in [1.54, 1.807) is 36.4 Å². The Morgan fingerprint density at radius 2 is 1.80 bits per heavy atom. The summed E-state index contributed by atoms with van der Waals surface area (Å²) in [6.07, 6.45) is 0.593. The first-order valence-corrected chi connectivity index (χ1v) is 11.7. The molecule has 2 aromatic carbocycles. The van der Waals surface area contributed by atoms with Crippen LogP contribution in [0.25, 0.3) is 0 Å². The molecule has 2 aliphatic rings. The molecule has 2 aliphatic heterocycles. The normalized spacial score (nSPS) is 17.0. The molecule has 0 atom stereocenters. The number of hydrogen-bond acceptors (Lipinski definition) is 5. The Labute approximate surface area is 177 Å². The third kappa shape index (κ3) is 4.35. The molecule has 0 radical (unpaired) electrons. The lowest BCUT2D eigenvalue weighted by Crippen LogP contribution is -2.41. The van der Waals surface area contributed by atoms with Crippen LogP contribution in [0.3, 0.4) is 0 Å². The van der Waals surface area contributed by atoms with E-state index in [2.05, 4.69) is 10.2 Å². The lowest BCUT2D eigenvalue weighted by atomic mass is 10.1. The number of rotatable bonds is 6. The average molecular weight is 430 g/mol. The van der Waals surface area contributed by atoms with Crippen molar-refractivity contribution in [2.24, 2.45) is 0 Å². The summed E-state index contributed by atoms with van der Waals surface area (Å²) in [5.74, 6) is -0.133. The molecule has 8 heteroatoms. The van der Waals surface area contributed by atoms with Crippen LogP contribution < -0.4 is 9.62 Å². The molecule has 4 rings (SSSR count). The molecule has 7 nitrogen and oxygen atoms in total. The fourth-order valence-corrected chi connectivity index (χ4v) is 5.36. The number of nitrogens with one attached hydrogen (secondary N) is 1. The number of aryl methyl sites for hydroxylation is 1. The van der Waals surface area contributed by atoms with Crippen LogP contribution in [-0.2, 0) is 21.2 Å². The third-order valence-electron chi connectivity index (χ3n) is 5.62. The summed E-state index contributed by atoms with van der Waals surface area (Å²) in [6.45, 7) is 6.93. The fourth-order valence-electron chi connectivity index (χ4n) is 3.85. The minimum Gasteiger partial charge on any atom is -0.379 e. The van der Waals surface area contributed by atoms with Gasteiger partial charge in [0.25, 0.3) is 15.9 Å². The van der Waals surface area contributed by atoms with Crippen LogP contribution in [0.2, 0.25) is 0 Å². The number of amides is 1. The number of ether oxygens (including phenoxy) is 1. The molecule has 0 bridgehead atoms. The van der Waals surface area contributed by atoms with Gasteiger partial charge in [0.1, 0.15) is 0 Å². The van der Waals surface area contributed by atoms with E-state index in [-0.39, 0.29) is 10.8 Å². The van der Waals surface area contributed by atoms with Crippen molar-refractivity contribution < 1.29 is 17.9 Å². The van der Waals surface area contributed by atoms with Gasteiger partial charge in [-0.05, 0) is 49.2 Å². The Balaban J connectivity index is 1.43. The Morgan fingerprint density at radius 3 is 2.53 bits per heavy atom. The molecule has 0 unspecified atom stereocenters. The van der Waals surface area contributed by atoms with Gasteiger partial charge in [-0.25, -0.2) is 8.42 Å². The highest BCUT2D eigenvalue weighted by atomic mass is 32.2. The minimum absolute atomic E-state index is 0.133. The standard InChI is InChI=1S/C22H27N3O4S/c1-17-2-5-20(6-3-17)30(27,28)25-10-8-18-16-19(4-7-21(18)25)22(26)23-9-11-24-12-14-29-15-13-24/h2-7,16H,8-15H2,1H3,(H,23,26). The van der Waals surface area contributed by atoms with Crippen LogP contribution in [-0.4, -0.2) is 65.2 Å². The summed E-state index contributed by atoms with van der Waals surface area (Å²) in [4.78, 5) is 15.1. The quantitative estimate of drug-likeness (QED) is 0.758. The van der Waals surface area contributed by atoms with Crippen molar-refractivity contribution in [2.45, 2.75) is 18.2 Å². The van der Waals surface area contributed by atoms with E-state index in [1.807, 2.05) is 13.0 Å². The summed E-state index contributed by atoms with van der Waals surface area (Å²) in [6, 6.07) is 12.1. The maximum Gasteiger partial charge on any atom is 0.264 e. The fraction of sp³-hybridized carbons (Fsp3) is 0.409. The molecule has 1 saturated heterocycles. The highest BCUT2D eigenvalue weighted by molar-refractivity contribution is 7.92. The van der Waals surface area contributed by atoms with Crippen LogP contribution in [0, 0.1) is 6.92 Å². The zero-order valence-corrected chi connectivity index (χ0v) is 18.0. The number of benzene rings is 2. The maximum atomic E-state index is 13.1. The van der Waals surface area contributed by atoms with Crippen LogP contribution >= 0.6 is 0 Å². The van der Waals surface area contributed by atoms with Crippen LogP contribution in [0.1, 0.15) is 21.5 Å². The van der Waals surface area contributed by atoms with Gasteiger partial charge in [0.2, 0.25) is 0 Å². The smallest absolute Gasteiger partial charge is 0.264 e. The summed E-state index contributed by atoms with van der Waals surface area (Å²) in [5.41, 5.74) is 3.11. The van der Waals surface area contributed by atoms with Gasteiger partial charge in [-0.1, -0.05) is 17.7 Å². The van der Waals surface area contributed by atoms with Crippen molar-refractivity contribution in [3.8, 4) is 0 Å². The predicted octanol–water partition coefficient (Wildman–Crippen LogP) is 1.81. The van der Waals surface area contributed by atoms with E-state index in [0.717, 1.165) is 44.0 Å². The van der Waals surface area contributed by atoms with Crippen molar-refractivity contribution in [3.63, 3.8) is 0 Å². The largest absolute Gasteiger partial charge is 0.379 e. The first-order chi connectivity index (χ1) is 14.4. The second-order valence-electron chi connectivity index (χ2n) is 7.69. The first-order valence-electron chi connectivity index (χ1n) is 10.3. The van der Waals surface area contributed by atoms with Crippen LogP contribution in [0.5, 0.6) is 0 Å². The zero-order valence-electron chi connectivity index (χ0n) is 17.1. The maximum absolute atomic E-state index is 13.1. The van der Waals surface area contributed by atoms with E-state index in [9.17, 15) is 13.2 Å². The van der Waals surface area contributed by atoms with Gasteiger partial charge in [-0.2, -0.15) is 0 Å². The van der Waals surface area contributed by atoms with Gasteiger partial charge in [-0.15, -0.1) is 0 Å². The van der Waals surface area contributed by atoms with Crippen LogP contribution in [0.15, 0.2) is 47.4 Å².